The second-order valence-corrected chi connectivity index (χ2v) is 7.14. The lowest BCUT2D eigenvalue weighted by Gasteiger charge is -2.21. The Kier molecular flexibility index (Phi) is 4.25. The Hall–Kier alpha value is -3.26. The SMILES string of the molecule is Cc1cccc(-c2cnc(Nc3cnn(C4CCNCC4)n3)c3nccn23)c1. The maximum atomic E-state index is 4.62. The van der Waals surface area contributed by atoms with Gasteiger partial charge in [0.25, 0.3) is 0 Å². The van der Waals surface area contributed by atoms with Crippen LogP contribution in [0.25, 0.3) is 16.9 Å². The Morgan fingerprint density at radius 3 is 2.89 bits per heavy atom. The summed E-state index contributed by atoms with van der Waals surface area (Å²) in [6.45, 7) is 4.10. The summed E-state index contributed by atoms with van der Waals surface area (Å²) in [5.41, 5.74) is 4.08. The number of fused-ring (bicyclic) bond motifs is 1. The van der Waals surface area contributed by atoms with Crippen LogP contribution in [0.1, 0.15) is 24.4 Å². The van der Waals surface area contributed by atoms with Crippen LogP contribution >= 0.6 is 0 Å². The number of piperidine rings is 1. The molecule has 4 heterocycles. The molecule has 1 aliphatic rings. The van der Waals surface area contributed by atoms with Gasteiger partial charge in [0.2, 0.25) is 0 Å². The molecule has 8 heteroatoms. The van der Waals surface area contributed by atoms with Crippen LogP contribution in [0, 0.1) is 6.92 Å². The predicted octanol–water partition coefficient (Wildman–Crippen LogP) is 2.96. The molecule has 0 spiro atoms. The summed E-state index contributed by atoms with van der Waals surface area (Å²) in [7, 11) is 0. The van der Waals surface area contributed by atoms with E-state index in [0.717, 1.165) is 42.8 Å². The van der Waals surface area contributed by atoms with E-state index >= 15 is 0 Å². The Morgan fingerprint density at radius 1 is 1.14 bits per heavy atom. The van der Waals surface area contributed by atoms with Gasteiger partial charge in [0, 0.05) is 18.0 Å². The fourth-order valence-electron chi connectivity index (χ4n) is 3.69. The highest BCUT2D eigenvalue weighted by molar-refractivity contribution is 5.73. The highest BCUT2D eigenvalue weighted by Gasteiger charge is 2.18. The lowest BCUT2D eigenvalue weighted by molar-refractivity contribution is 0.314. The molecular weight excluding hydrogens is 352 g/mol. The van der Waals surface area contributed by atoms with Crippen LogP contribution in [-0.4, -0.2) is 42.5 Å². The fourth-order valence-corrected chi connectivity index (χ4v) is 3.69. The van der Waals surface area contributed by atoms with Crippen molar-refractivity contribution in [3.05, 3.63) is 54.6 Å². The molecule has 0 amide bonds. The number of anilines is 2. The molecule has 0 atom stereocenters. The van der Waals surface area contributed by atoms with E-state index in [1.165, 1.54) is 5.56 Å². The molecule has 0 radical (unpaired) electrons. The molecular formula is C20H22N8. The number of nitrogens with zero attached hydrogens (tertiary/aromatic N) is 6. The van der Waals surface area contributed by atoms with E-state index in [1.54, 1.807) is 12.4 Å². The molecule has 0 bridgehead atoms. The molecule has 0 saturated carbocycles. The molecule has 142 valence electrons. The van der Waals surface area contributed by atoms with Crippen LogP contribution in [0.3, 0.4) is 0 Å². The summed E-state index contributed by atoms with van der Waals surface area (Å²) in [6, 6.07) is 8.72. The Balaban J connectivity index is 1.45. The molecule has 1 fully saturated rings. The van der Waals surface area contributed by atoms with E-state index in [4.69, 9.17) is 0 Å². The highest BCUT2D eigenvalue weighted by Crippen LogP contribution is 2.25. The first-order chi connectivity index (χ1) is 13.8. The summed E-state index contributed by atoms with van der Waals surface area (Å²) in [4.78, 5) is 10.9. The summed E-state index contributed by atoms with van der Waals surface area (Å²) in [6.07, 6.45) is 9.43. The van der Waals surface area contributed by atoms with Crippen molar-refractivity contribution in [2.75, 3.05) is 18.4 Å². The number of aromatic nitrogens is 6. The Bertz CT molecular complexity index is 1110. The van der Waals surface area contributed by atoms with E-state index in [0.29, 0.717) is 17.7 Å². The Labute approximate surface area is 162 Å². The van der Waals surface area contributed by atoms with Gasteiger partial charge in [0.05, 0.1) is 24.1 Å². The van der Waals surface area contributed by atoms with Crippen LogP contribution in [0.2, 0.25) is 0 Å². The van der Waals surface area contributed by atoms with Crippen LogP contribution in [0.15, 0.2) is 49.1 Å². The van der Waals surface area contributed by atoms with Gasteiger partial charge in [0.15, 0.2) is 17.3 Å². The van der Waals surface area contributed by atoms with E-state index in [1.807, 2.05) is 21.6 Å². The van der Waals surface area contributed by atoms with Gasteiger partial charge in [0.1, 0.15) is 0 Å². The summed E-state index contributed by atoms with van der Waals surface area (Å²) >= 11 is 0. The third kappa shape index (κ3) is 3.11. The van der Waals surface area contributed by atoms with Crippen molar-refractivity contribution < 1.29 is 0 Å². The zero-order valence-electron chi connectivity index (χ0n) is 15.7. The molecule has 28 heavy (non-hydrogen) atoms. The van der Waals surface area contributed by atoms with Gasteiger partial charge in [-0.1, -0.05) is 23.8 Å². The molecule has 0 aliphatic carbocycles. The standard InChI is InChI=1S/C20H22N8/c1-14-3-2-4-15(11-14)17-12-23-19(20-22-9-10-27(17)20)25-18-13-24-28(26-18)16-5-7-21-8-6-16/h2-4,9-13,16,21H,5-8H2,1H3,(H,23,25,26). The molecule has 1 saturated heterocycles. The van der Waals surface area contributed by atoms with E-state index < -0.39 is 0 Å². The first-order valence-electron chi connectivity index (χ1n) is 9.56. The van der Waals surface area contributed by atoms with Crippen LogP contribution in [0.5, 0.6) is 0 Å². The fraction of sp³-hybridized carbons (Fsp3) is 0.300. The second-order valence-electron chi connectivity index (χ2n) is 7.14. The maximum Gasteiger partial charge on any atom is 0.180 e. The predicted molar refractivity (Wildman–Crippen MR) is 108 cm³/mol. The number of rotatable bonds is 4. The molecule has 3 aromatic heterocycles. The molecule has 2 N–H and O–H groups in total. The van der Waals surface area contributed by atoms with Crippen molar-refractivity contribution in [3.8, 4) is 11.3 Å². The maximum absolute atomic E-state index is 4.62. The minimum absolute atomic E-state index is 0.347. The average molecular weight is 374 g/mol. The summed E-state index contributed by atoms with van der Waals surface area (Å²) in [5.74, 6) is 1.35. The van der Waals surface area contributed by atoms with Gasteiger partial charge in [-0.3, -0.25) is 4.40 Å². The van der Waals surface area contributed by atoms with E-state index in [2.05, 4.69) is 62.0 Å². The smallest absolute Gasteiger partial charge is 0.180 e. The van der Waals surface area contributed by atoms with Gasteiger partial charge < -0.3 is 10.6 Å². The largest absolute Gasteiger partial charge is 0.319 e. The zero-order chi connectivity index (χ0) is 18.9. The van der Waals surface area contributed by atoms with Gasteiger partial charge >= 0.3 is 0 Å². The summed E-state index contributed by atoms with van der Waals surface area (Å²) in [5, 5.41) is 15.7. The molecule has 4 aromatic rings. The highest BCUT2D eigenvalue weighted by atomic mass is 15.5. The molecule has 5 rings (SSSR count). The lowest BCUT2D eigenvalue weighted by atomic mass is 10.1. The molecule has 1 aliphatic heterocycles. The van der Waals surface area contributed by atoms with E-state index in [9.17, 15) is 0 Å². The van der Waals surface area contributed by atoms with Crippen molar-refractivity contribution in [2.45, 2.75) is 25.8 Å². The van der Waals surface area contributed by atoms with Crippen LogP contribution < -0.4 is 10.6 Å². The number of aryl methyl sites for hydroxylation is 1. The van der Waals surface area contributed by atoms with Gasteiger partial charge in [-0.15, -0.1) is 5.10 Å². The second kappa shape index (κ2) is 7.05. The average Bonchev–Trinajstić information content (AvgIpc) is 3.39. The summed E-state index contributed by atoms with van der Waals surface area (Å²) < 4.78 is 2.04. The van der Waals surface area contributed by atoms with E-state index in [-0.39, 0.29) is 0 Å². The number of nitrogens with one attached hydrogen (secondary N) is 2. The minimum Gasteiger partial charge on any atom is -0.319 e. The normalized spacial score (nSPS) is 15.2. The zero-order valence-corrected chi connectivity index (χ0v) is 15.7. The Morgan fingerprint density at radius 2 is 2.04 bits per heavy atom. The third-order valence-electron chi connectivity index (χ3n) is 5.13. The molecule has 8 nitrogen and oxygen atoms in total. The van der Waals surface area contributed by atoms with Gasteiger partial charge in [-0.25, -0.2) is 9.97 Å². The van der Waals surface area contributed by atoms with Gasteiger partial charge in [-0.2, -0.15) is 9.90 Å². The quantitative estimate of drug-likeness (QED) is 0.571. The van der Waals surface area contributed by atoms with Crippen molar-refractivity contribution in [3.63, 3.8) is 0 Å². The number of hydrogen-bond acceptors (Lipinski definition) is 6. The van der Waals surface area contributed by atoms with Crippen molar-refractivity contribution in [1.29, 1.82) is 0 Å². The first-order valence-corrected chi connectivity index (χ1v) is 9.56. The lowest BCUT2D eigenvalue weighted by Crippen LogP contribution is -2.30. The van der Waals surface area contributed by atoms with Gasteiger partial charge in [-0.05, 0) is 38.9 Å². The first kappa shape index (κ1) is 16.9. The third-order valence-corrected chi connectivity index (χ3v) is 5.13. The van der Waals surface area contributed by atoms with Crippen LogP contribution in [0.4, 0.5) is 11.6 Å². The number of hydrogen-bond donors (Lipinski definition) is 2. The topological polar surface area (TPSA) is 85.0 Å². The van der Waals surface area contributed by atoms with Crippen LogP contribution in [-0.2, 0) is 0 Å². The monoisotopic (exact) mass is 374 g/mol. The van der Waals surface area contributed by atoms with Crippen molar-refractivity contribution >= 4 is 17.3 Å². The number of imidazole rings is 1. The molecule has 0 unspecified atom stereocenters. The molecule has 1 aromatic carbocycles. The minimum atomic E-state index is 0.347. The van der Waals surface area contributed by atoms with Crippen molar-refractivity contribution in [2.24, 2.45) is 0 Å². The number of benzene rings is 1. The van der Waals surface area contributed by atoms with Crippen molar-refractivity contribution in [1.82, 2.24) is 34.7 Å².